The summed E-state index contributed by atoms with van der Waals surface area (Å²) in [6.07, 6.45) is 0. The van der Waals surface area contributed by atoms with Crippen LogP contribution >= 0.6 is 11.3 Å². The van der Waals surface area contributed by atoms with Crippen LogP contribution in [0.25, 0.3) is 98.1 Å². The van der Waals surface area contributed by atoms with E-state index in [1.54, 1.807) is 0 Å². The summed E-state index contributed by atoms with van der Waals surface area (Å²) >= 11 is 1.82. The van der Waals surface area contributed by atoms with Crippen molar-refractivity contribution in [3.8, 4) is 56.4 Å². The molecule has 0 spiro atoms. The maximum atomic E-state index is 5.24. The molecule has 10 aromatic rings. The number of hydrogen-bond donors (Lipinski definition) is 0. The Labute approximate surface area is 317 Å². The van der Waals surface area contributed by atoms with Gasteiger partial charge in [-0.15, -0.1) is 11.3 Å². The van der Waals surface area contributed by atoms with Gasteiger partial charge in [0.25, 0.3) is 0 Å². The van der Waals surface area contributed by atoms with Crippen molar-refractivity contribution in [2.24, 2.45) is 0 Å². The number of fused-ring (bicyclic) bond motifs is 9. The van der Waals surface area contributed by atoms with Gasteiger partial charge in [0.05, 0.1) is 0 Å². The third-order valence-electron chi connectivity index (χ3n) is 11.3. The van der Waals surface area contributed by atoms with Crippen molar-refractivity contribution in [2.75, 3.05) is 0 Å². The molecule has 1 aliphatic rings. The number of rotatable bonds is 4. The fourth-order valence-electron chi connectivity index (χ4n) is 8.56. The average molecular weight is 708 g/mol. The van der Waals surface area contributed by atoms with Gasteiger partial charge in [-0.1, -0.05) is 147 Å². The van der Waals surface area contributed by atoms with Crippen LogP contribution in [0.4, 0.5) is 0 Å². The minimum Gasteiger partial charge on any atom is -0.208 e. The highest BCUT2D eigenvalue weighted by atomic mass is 32.1. The Morgan fingerprint density at radius 2 is 1.00 bits per heavy atom. The van der Waals surface area contributed by atoms with Crippen LogP contribution in [0.1, 0.15) is 25.0 Å². The molecule has 0 bridgehead atoms. The Morgan fingerprint density at radius 1 is 0.389 bits per heavy atom. The molecule has 0 aliphatic heterocycles. The first kappa shape index (κ1) is 31.1. The summed E-state index contributed by atoms with van der Waals surface area (Å²) in [6, 6.07) is 59.0. The molecule has 0 unspecified atom stereocenters. The van der Waals surface area contributed by atoms with E-state index in [0.717, 1.165) is 33.0 Å². The summed E-state index contributed by atoms with van der Waals surface area (Å²) in [7, 11) is 0. The number of thiophene rings is 1. The summed E-state index contributed by atoms with van der Waals surface area (Å²) < 4.78 is 2.53. The summed E-state index contributed by atoms with van der Waals surface area (Å²) in [6.45, 7) is 4.66. The molecule has 254 valence electrons. The lowest BCUT2D eigenvalue weighted by Crippen LogP contribution is -2.14. The third kappa shape index (κ3) is 4.77. The van der Waals surface area contributed by atoms with Crippen molar-refractivity contribution in [2.45, 2.75) is 19.3 Å². The normalized spacial score (nSPS) is 13.1. The van der Waals surface area contributed by atoms with Crippen LogP contribution in [0, 0.1) is 0 Å². The molecule has 8 aromatic carbocycles. The van der Waals surface area contributed by atoms with E-state index in [1.165, 1.54) is 58.8 Å². The second kappa shape index (κ2) is 11.8. The first-order valence-electron chi connectivity index (χ1n) is 18.4. The zero-order chi connectivity index (χ0) is 36.0. The molecule has 0 N–H and O–H groups in total. The van der Waals surface area contributed by atoms with Gasteiger partial charge in [-0.05, 0) is 79.9 Å². The Bertz CT molecular complexity index is 3140. The summed E-state index contributed by atoms with van der Waals surface area (Å²) in [4.78, 5) is 15.7. The second-order valence-electron chi connectivity index (χ2n) is 14.8. The van der Waals surface area contributed by atoms with Crippen molar-refractivity contribution in [1.29, 1.82) is 0 Å². The molecule has 3 nitrogen and oxygen atoms in total. The average Bonchev–Trinajstić information content (AvgIpc) is 3.71. The van der Waals surface area contributed by atoms with E-state index in [-0.39, 0.29) is 5.41 Å². The topological polar surface area (TPSA) is 38.7 Å². The Morgan fingerprint density at radius 3 is 1.89 bits per heavy atom. The monoisotopic (exact) mass is 707 g/mol. The second-order valence-corrected chi connectivity index (χ2v) is 15.9. The minimum atomic E-state index is -0.0508. The Hall–Kier alpha value is -6.49. The van der Waals surface area contributed by atoms with Crippen LogP contribution in [0.3, 0.4) is 0 Å². The Balaban J connectivity index is 1.07. The standard InChI is InChI=1S/C50H33N3S/c1-50(2)42-16-7-5-13-37(42)38-26-24-34(29-43(38)50)30-18-22-33(23-19-30)47-51-48(35-25-27-45-41(28-35)39-14-6-8-17-44(39)54-45)53-49(52-47)40-15-9-11-32-21-20-31-10-3-4-12-36(31)46(32)40/h3-29H,1-2H3. The number of benzene rings is 8. The van der Waals surface area contributed by atoms with E-state index >= 15 is 0 Å². The first-order chi connectivity index (χ1) is 26.5. The molecule has 2 aromatic heterocycles. The van der Waals surface area contributed by atoms with Crippen LogP contribution in [0.2, 0.25) is 0 Å². The van der Waals surface area contributed by atoms with Gasteiger partial charge in [0.1, 0.15) is 0 Å². The largest absolute Gasteiger partial charge is 0.208 e. The fraction of sp³-hybridized carbons (Fsp3) is 0.0600. The van der Waals surface area contributed by atoms with Crippen molar-refractivity contribution < 1.29 is 0 Å². The minimum absolute atomic E-state index is 0.0508. The van der Waals surface area contributed by atoms with Crippen LogP contribution in [0.15, 0.2) is 164 Å². The lowest BCUT2D eigenvalue weighted by atomic mass is 9.81. The van der Waals surface area contributed by atoms with Crippen LogP contribution in [-0.4, -0.2) is 15.0 Å². The highest BCUT2D eigenvalue weighted by Gasteiger charge is 2.35. The van der Waals surface area contributed by atoms with Gasteiger partial charge in [0, 0.05) is 47.7 Å². The smallest absolute Gasteiger partial charge is 0.164 e. The maximum Gasteiger partial charge on any atom is 0.164 e. The van der Waals surface area contributed by atoms with E-state index in [0.29, 0.717) is 17.5 Å². The molecule has 0 amide bonds. The molecule has 4 heteroatoms. The first-order valence-corrected chi connectivity index (χ1v) is 19.3. The molecule has 0 saturated carbocycles. The van der Waals surface area contributed by atoms with E-state index in [4.69, 9.17) is 15.0 Å². The summed E-state index contributed by atoms with van der Waals surface area (Å²) in [5.41, 5.74) is 10.7. The van der Waals surface area contributed by atoms with Crippen LogP contribution in [0.5, 0.6) is 0 Å². The lowest BCUT2D eigenvalue weighted by Gasteiger charge is -2.22. The molecule has 11 rings (SSSR count). The lowest BCUT2D eigenvalue weighted by molar-refractivity contribution is 0.660. The molecule has 0 saturated heterocycles. The fourth-order valence-corrected chi connectivity index (χ4v) is 9.65. The van der Waals surface area contributed by atoms with Crippen molar-refractivity contribution in [1.82, 2.24) is 15.0 Å². The number of nitrogens with zero attached hydrogens (tertiary/aromatic N) is 3. The van der Waals surface area contributed by atoms with Gasteiger partial charge in [-0.25, -0.2) is 15.0 Å². The van der Waals surface area contributed by atoms with Gasteiger partial charge < -0.3 is 0 Å². The van der Waals surface area contributed by atoms with Crippen LogP contribution in [-0.2, 0) is 5.41 Å². The molecular formula is C50H33N3S. The quantitative estimate of drug-likeness (QED) is 0.171. The van der Waals surface area contributed by atoms with Crippen molar-refractivity contribution in [3.05, 3.63) is 175 Å². The van der Waals surface area contributed by atoms with Crippen molar-refractivity contribution in [3.63, 3.8) is 0 Å². The molecule has 0 fully saturated rings. The highest BCUT2D eigenvalue weighted by molar-refractivity contribution is 7.25. The molecule has 0 radical (unpaired) electrons. The van der Waals surface area contributed by atoms with Gasteiger partial charge in [0.2, 0.25) is 0 Å². The maximum absolute atomic E-state index is 5.24. The van der Waals surface area contributed by atoms with Crippen LogP contribution < -0.4 is 0 Å². The van der Waals surface area contributed by atoms with Gasteiger partial charge in [0.15, 0.2) is 17.5 Å². The molecule has 1 aliphatic carbocycles. The van der Waals surface area contributed by atoms with Gasteiger partial charge in [-0.3, -0.25) is 0 Å². The third-order valence-corrected chi connectivity index (χ3v) is 12.5. The number of aromatic nitrogens is 3. The zero-order valence-corrected chi connectivity index (χ0v) is 30.7. The Kier molecular flexibility index (Phi) is 6.77. The molecule has 0 atom stereocenters. The van der Waals surface area contributed by atoms with E-state index in [1.807, 2.05) is 11.3 Å². The highest BCUT2D eigenvalue weighted by Crippen LogP contribution is 2.49. The van der Waals surface area contributed by atoms with Crippen molar-refractivity contribution >= 4 is 53.1 Å². The summed E-state index contributed by atoms with van der Waals surface area (Å²) in [5.74, 6) is 1.98. The molecular weight excluding hydrogens is 675 g/mol. The van der Waals surface area contributed by atoms with E-state index in [2.05, 4.69) is 178 Å². The zero-order valence-electron chi connectivity index (χ0n) is 29.8. The molecule has 2 heterocycles. The van der Waals surface area contributed by atoms with Gasteiger partial charge in [-0.2, -0.15) is 0 Å². The SMILES string of the molecule is CC1(C)c2ccccc2-c2ccc(-c3ccc(-c4nc(-c5ccc6sc7ccccc7c6c5)nc(-c5cccc6ccc7ccccc7c56)n4)cc3)cc21. The summed E-state index contributed by atoms with van der Waals surface area (Å²) in [5, 5.41) is 7.16. The van der Waals surface area contributed by atoms with E-state index in [9.17, 15) is 0 Å². The predicted octanol–water partition coefficient (Wildman–Crippen LogP) is 13.5. The molecule has 54 heavy (non-hydrogen) atoms. The van der Waals surface area contributed by atoms with Gasteiger partial charge >= 0.3 is 0 Å². The van der Waals surface area contributed by atoms with E-state index < -0.39 is 0 Å². The predicted molar refractivity (Wildman–Crippen MR) is 227 cm³/mol. The number of hydrogen-bond acceptors (Lipinski definition) is 4.